The van der Waals surface area contributed by atoms with Crippen molar-refractivity contribution in [3.05, 3.63) is 45.2 Å². The van der Waals surface area contributed by atoms with E-state index in [0.29, 0.717) is 0 Å². The van der Waals surface area contributed by atoms with Gasteiger partial charge in [0, 0.05) is 18.1 Å². The van der Waals surface area contributed by atoms with E-state index in [1.807, 2.05) is 29.8 Å². The number of aromatic nitrogens is 1. The van der Waals surface area contributed by atoms with Crippen LogP contribution in [-0.2, 0) is 18.3 Å². The molecule has 0 radical (unpaired) electrons. The van der Waals surface area contributed by atoms with Crippen LogP contribution in [-0.4, -0.2) is 15.6 Å². The number of benzene rings is 1. The van der Waals surface area contributed by atoms with Gasteiger partial charge in [-0.2, -0.15) is 0 Å². The Morgan fingerprint density at radius 1 is 1.45 bits per heavy atom. The molecule has 4 nitrogen and oxygen atoms in total. The number of hydrogen-bond donors (Lipinski definition) is 1. The van der Waals surface area contributed by atoms with Crippen molar-refractivity contribution in [2.75, 3.05) is 0 Å². The van der Waals surface area contributed by atoms with Crippen molar-refractivity contribution < 1.29 is 9.90 Å². The smallest absolute Gasteiger partial charge is 0.310 e. The number of hydrogen-bond acceptors (Lipinski definition) is 3. The molecule has 1 N–H and O–H groups in total. The summed E-state index contributed by atoms with van der Waals surface area (Å²) in [5.41, 5.74) is 2.88. The Kier molecular flexibility index (Phi) is 5.19. The topological polar surface area (TPSA) is 54.6 Å². The van der Waals surface area contributed by atoms with Crippen molar-refractivity contribution in [2.24, 2.45) is 12.0 Å². The summed E-state index contributed by atoms with van der Waals surface area (Å²) in [5.74, 6) is -1.29. The summed E-state index contributed by atoms with van der Waals surface area (Å²) < 4.78 is 2.02. The molecule has 1 atom stereocenters. The largest absolute Gasteiger partial charge is 0.481 e. The molecule has 1 aromatic carbocycles. The molecule has 5 heteroatoms. The zero-order valence-corrected chi connectivity index (χ0v) is 14.3. The van der Waals surface area contributed by atoms with E-state index in [4.69, 9.17) is 4.99 Å². The summed E-state index contributed by atoms with van der Waals surface area (Å²) in [6, 6.07) is 5.80. The van der Waals surface area contributed by atoms with Crippen LogP contribution in [0, 0.1) is 6.92 Å². The van der Waals surface area contributed by atoms with Crippen LogP contribution in [0.3, 0.4) is 0 Å². The molecule has 2 aromatic rings. The zero-order chi connectivity index (χ0) is 16.3. The van der Waals surface area contributed by atoms with Gasteiger partial charge in [0.05, 0.1) is 11.6 Å². The molecular formula is C17H22N2O2S. The SMILES string of the molecule is CCCc1cc(C(C)C(=O)O)ccc1/N=c1\sc(C)cn1C. The lowest BCUT2D eigenvalue weighted by molar-refractivity contribution is -0.138. The van der Waals surface area contributed by atoms with Gasteiger partial charge >= 0.3 is 5.97 Å². The molecule has 0 aliphatic rings. The molecule has 0 bridgehead atoms. The second-order valence-corrected chi connectivity index (χ2v) is 6.76. The second kappa shape index (κ2) is 6.92. The number of carboxylic acids is 1. The minimum atomic E-state index is -0.799. The molecule has 2 rings (SSSR count). The number of carbonyl (C=O) groups is 1. The van der Waals surface area contributed by atoms with E-state index in [1.165, 1.54) is 4.88 Å². The summed E-state index contributed by atoms with van der Waals surface area (Å²) in [6.45, 7) is 5.90. The molecular weight excluding hydrogens is 296 g/mol. The number of rotatable bonds is 5. The Morgan fingerprint density at radius 2 is 2.18 bits per heavy atom. The van der Waals surface area contributed by atoms with Crippen LogP contribution in [0.2, 0.25) is 0 Å². The first-order chi connectivity index (χ1) is 10.4. The fraction of sp³-hybridized carbons (Fsp3) is 0.412. The molecule has 0 spiro atoms. The van der Waals surface area contributed by atoms with E-state index in [2.05, 4.69) is 20.0 Å². The average Bonchev–Trinajstić information content (AvgIpc) is 2.78. The van der Waals surface area contributed by atoms with E-state index in [-0.39, 0.29) is 0 Å². The molecule has 1 heterocycles. The standard InChI is InChI=1S/C17H22N2O2S/c1-5-6-14-9-13(12(3)16(20)21)7-8-15(14)18-17-19(4)10-11(2)22-17/h7-10,12H,5-6H2,1-4H3,(H,20,21)/b18-17-. The molecule has 0 fully saturated rings. The third-order valence-corrected chi connectivity index (χ3v) is 4.63. The lowest BCUT2D eigenvalue weighted by Crippen LogP contribution is -2.09. The highest BCUT2D eigenvalue weighted by Gasteiger charge is 2.15. The van der Waals surface area contributed by atoms with Gasteiger partial charge < -0.3 is 9.67 Å². The number of aliphatic carboxylic acids is 1. The van der Waals surface area contributed by atoms with Crippen molar-refractivity contribution in [2.45, 2.75) is 39.5 Å². The molecule has 0 saturated heterocycles. The molecule has 1 unspecified atom stereocenters. The predicted molar refractivity (Wildman–Crippen MR) is 89.7 cm³/mol. The van der Waals surface area contributed by atoms with Crippen molar-refractivity contribution in [1.82, 2.24) is 4.57 Å². The van der Waals surface area contributed by atoms with Gasteiger partial charge in [-0.1, -0.05) is 25.5 Å². The van der Waals surface area contributed by atoms with Crippen LogP contribution >= 0.6 is 11.3 Å². The summed E-state index contributed by atoms with van der Waals surface area (Å²) >= 11 is 1.65. The first-order valence-electron chi connectivity index (χ1n) is 7.45. The first kappa shape index (κ1) is 16.5. The molecule has 0 amide bonds. The van der Waals surface area contributed by atoms with Gasteiger partial charge in [-0.05, 0) is 37.5 Å². The Hall–Kier alpha value is -1.88. The van der Waals surface area contributed by atoms with E-state index in [0.717, 1.165) is 34.5 Å². The third-order valence-electron chi connectivity index (χ3n) is 3.64. The monoisotopic (exact) mass is 318 g/mol. The summed E-state index contributed by atoms with van der Waals surface area (Å²) in [5, 5.41) is 9.17. The maximum absolute atomic E-state index is 11.2. The van der Waals surface area contributed by atoms with E-state index in [1.54, 1.807) is 18.3 Å². The van der Waals surface area contributed by atoms with Gasteiger partial charge in [-0.15, -0.1) is 11.3 Å². The normalized spacial score (nSPS) is 13.4. The summed E-state index contributed by atoms with van der Waals surface area (Å²) in [6.07, 6.45) is 3.96. The molecule has 0 aliphatic carbocycles. The number of nitrogens with zero attached hydrogens (tertiary/aromatic N) is 2. The van der Waals surface area contributed by atoms with Crippen LogP contribution in [0.5, 0.6) is 0 Å². The molecule has 22 heavy (non-hydrogen) atoms. The maximum atomic E-state index is 11.2. The van der Waals surface area contributed by atoms with Gasteiger partial charge in [-0.25, -0.2) is 4.99 Å². The van der Waals surface area contributed by atoms with Crippen LogP contribution < -0.4 is 4.80 Å². The lowest BCUT2D eigenvalue weighted by Gasteiger charge is -2.11. The van der Waals surface area contributed by atoms with Crippen molar-refractivity contribution in [3.8, 4) is 0 Å². The highest BCUT2D eigenvalue weighted by Crippen LogP contribution is 2.26. The average molecular weight is 318 g/mol. The third kappa shape index (κ3) is 3.65. The molecule has 0 aliphatic heterocycles. The van der Waals surface area contributed by atoms with Crippen LogP contribution in [0.25, 0.3) is 0 Å². The quantitative estimate of drug-likeness (QED) is 0.912. The van der Waals surface area contributed by atoms with E-state index < -0.39 is 11.9 Å². The van der Waals surface area contributed by atoms with E-state index >= 15 is 0 Å². The van der Waals surface area contributed by atoms with Gasteiger partial charge in [0.1, 0.15) is 0 Å². The Balaban J connectivity index is 2.50. The lowest BCUT2D eigenvalue weighted by atomic mass is 9.96. The highest BCUT2D eigenvalue weighted by molar-refractivity contribution is 7.09. The van der Waals surface area contributed by atoms with Crippen molar-refractivity contribution in [3.63, 3.8) is 0 Å². The molecule has 1 aromatic heterocycles. The highest BCUT2D eigenvalue weighted by atomic mass is 32.1. The predicted octanol–water partition coefficient (Wildman–Crippen LogP) is 3.77. The summed E-state index contributed by atoms with van der Waals surface area (Å²) in [4.78, 5) is 18.1. The summed E-state index contributed by atoms with van der Waals surface area (Å²) in [7, 11) is 1.99. The number of aryl methyl sites for hydroxylation is 3. The minimum absolute atomic E-state index is 0.496. The molecule has 118 valence electrons. The van der Waals surface area contributed by atoms with Gasteiger partial charge in [-0.3, -0.25) is 4.79 Å². The van der Waals surface area contributed by atoms with E-state index in [9.17, 15) is 9.90 Å². The number of carboxylic acid groups (broad SMARTS) is 1. The number of thiazole rings is 1. The molecule has 0 saturated carbocycles. The van der Waals surface area contributed by atoms with Crippen molar-refractivity contribution in [1.29, 1.82) is 0 Å². The first-order valence-corrected chi connectivity index (χ1v) is 8.27. The fourth-order valence-corrected chi connectivity index (χ4v) is 3.21. The second-order valence-electron chi connectivity index (χ2n) is 5.55. The van der Waals surface area contributed by atoms with Gasteiger partial charge in [0.25, 0.3) is 0 Å². The van der Waals surface area contributed by atoms with Gasteiger partial charge in [0.2, 0.25) is 0 Å². The van der Waals surface area contributed by atoms with Crippen LogP contribution in [0.15, 0.2) is 29.4 Å². The zero-order valence-electron chi connectivity index (χ0n) is 13.5. The minimum Gasteiger partial charge on any atom is -0.481 e. The van der Waals surface area contributed by atoms with Crippen LogP contribution in [0.1, 0.15) is 42.2 Å². The van der Waals surface area contributed by atoms with Crippen LogP contribution in [0.4, 0.5) is 5.69 Å². The van der Waals surface area contributed by atoms with Crippen molar-refractivity contribution >= 4 is 23.0 Å². The Morgan fingerprint density at radius 3 is 2.73 bits per heavy atom. The fourth-order valence-electron chi connectivity index (χ4n) is 2.37. The maximum Gasteiger partial charge on any atom is 0.310 e. The van der Waals surface area contributed by atoms with Gasteiger partial charge in [0.15, 0.2) is 4.80 Å². The Labute approximate surface area is 134 Å². The Bertz CT molecular complexity index is 743.